The van der Waals surface area contributed by atoms with Crippen LogP contribution in [0.2, 0.25) is 0 Å². The molecule has 0 fully saturated rings. The van der Waals surface area contributed by atoms with E-state index in [2.05, 4.69) is 119 Å². The molecule has 0 atom stereocenters. The second-order valence-electron chi connectivity index (χ2n) is 14.4. The van der Waals surface area contributed by atoms with E-state index in [0.29, 0.717) is 11.6 Å². The van der Waals surface area contributed by atoms with Crippen LogP contribution in [0.25, 0.3) is 101 Å². The van der Waals surface area contributed by atoms with Crippen molar-refractivity contribution in [2.45, 2.75) is 0 Å². The van der Waals surface area contributed by atoms with Crippen LogP contribution in [0, 0.1) is 0 Å². The molecule has 6 aromatic carbocycles. The lowest BCUT2D eigenvalue weighted by Crippen LogP contribution is -1.96. The predicted molar refractivity (Wildman–Crippen MR) is 242 cm³/mol. The molecule has 0 saturated heterocycles. The van der Waals surface area contributed by atoms with Crippen LogP contribution in [0.4, 0.5) is 0 Å². The van der Waals surface area contributed by atoms with E-state index in [1.54, 1.807) is 0 Å². The van der Waals surface area contributed by atoms with Crippen LogP contribution in [0.3, 0.4) is 0 Å². The van der Waals surface area contributed by atoms with E-state index in [1.807, 2.05) is 109 Å². The Hall–Kier alpha value is -8.22. The molecule has 0 aliphatic rings. The Morgan fingerprint density at radius 1 is 0.200 bits per heavy atom. The summed E-state index contributed by atoms with van der Waals surface area (Å²) in [5, 5.41) is 0. The first-order chi connectivity index (χ1) is 29.7. The average Bonchev–Trinajstić information content (AvgIpc) is 3.35. The van der Waals surface area contributed by atoms with Gasteiger partial charge in [0.05, 0.1) is 34.2 Å². The van der Waals surface area contributed by atoms with Gasteiger partial charge in [-0.05, 0) is 47.5 Å². The van der Waals surface area contributed by atoms with Gasteiger partial charge in [-0.2, -0.15) is 0 Å². The fourth-order valence-electron chi connectivity index (χ4n) is 7.28. The number of benzene rings is 6. The van der Waals surface area contributed by atoms with Crippen molar-refractivity contribution >= 4 is 0 Å². The summed E-state index contributed by atoms with van der Waals surface area (Å²) in [6.07, 6.45) is 3.63. The topological polar surface area (TPSA) is 77.3 Å². The highest BCUT2D eigenvalue weighted by atomic mass is 14.9. The average molecular weight is 769 g/mol. The molecule has 0 unspecified atom stereocenters. The normalized spacial score (nSPS) is 11.0. The van der Waals surface area contributed by atoms with Crippen molar-refractivity contribution in [2.24, 2.45) is 0 Å². The third-order valence-corrected chi connectivity index (χ3v) is 10.5. The van der Waals surface area contributed by atoms with Gasteiger partial charge >= 0.3 is 0 Å². The first-order valence-corrected chi connectivity index (χ1v) is 19.8. The fraction of sp³-hybridized carbons (Fsp3) is 0. The zero-order valence-corrected chi connectivity index (χ0v) is 32.5. The zero-order chi connectivity index (χ0) is 40.1. The number of hydrogen-bond donors (Lipinski definition) is 0. The molecule has 6 heteroatoms. The molecule has 0 radical (unpaired) electrons. The molecular weight excluding hydrogens is 733 g/mol. The van der Waals surface area contributed by atoms with E-state index >= 15 is 0 Å². The zero-order valence-electron chi connectivity index (χ0n) is 32.5. The molecule has 60 heavy (non-hydrogen) atoms. The number of pyridine rings is 2. The van der Waals surface area contributed by atoms with Gasteiger partial charge in [-0.3, -0.25) is 9.97 Å². The molecular formula is C54H36N6. The quantitative estimate of drug-likeness (QED) is 0.145. The number of rotatable bonds is 9. The summed E-state index contributed by atoms with van der Waals surface area (Å²) in [6.45, 7) is 0. The van der Waals surface area contributed by atoms with Gasteiger partial charge in [-0.15, -0.1) is 0 Å². The van der Waals surface area contributed by atoms with Crippen LogP contribution in [0.5, 0.6) is 0 Å². The van der Waals surface area contributed by atoms with Gasteiger partial charge in [0.15, 0.2) is 11.6 Å². The van der Waals surface area contributed by atoms with Crippen LogP contribution >= 0.6 is 0 Å². The summed E-state index contributed by atoms with van der Waals surface area (Å²) in [7, 11) is 0. The molecule has 6 nitrogen and oxygen atoms in total. The van der Waals surface area contributed by atoms with Crippen LogP contribution < -0.4 is 0 Å². The maximum absolute atomic E-state index is 5.05. The number of hydrogen-bond acceptors (Lipinski definition) is 6. The van der Waals surface area contributed by atoms with Gasteiger partial charge in [-0.25, -0.2) is 19.9 Å². The van der Waals surface area contributed by atoms with Gasteiger partial charge in [0, 0.05) is 56.9 Å². The Bertz CT molecular complexity index is 2800. The molecule has 0 aliphatic heterocycles. The van der Waals surface area contributed by atoms with Crippen LogP contribution in [-0.4, -0.2) is 29.9 Å². The number of aromatic nitrogens is 6. The minimum Gasteiger partial charge on any atom is -0.256 e. The minimum atomic E-state index is 0.682. The molecule has 10 aromatic rings. The van der Waals surface area contributed by atoms with Crippen molar-refractivity contribution in [3.63, 3.8) is 0 Å². The van der Waals surface area contributed by atoms with E-state index in [1.165, 1.54) is 0 Å². The number of nitrogens with zero attached hydrogens (tertiary/aromatic N) is 6. The minimum absolute atomic E-state index is 0.682. The van der Waals surface area contributed by atoms with E-state index in [4.69, 9.17) is 19.9 Å². The molecule has 0 bridgehead atoms. The van der Waals surface area contributed by atoms with Crippen molar-refractivity contribution < 1.29 is 0 Å². The van der Waals surface area contributed by atoms with E-state index in [-0.39, 0.29) is 0 Å². The largest absolute Gasteiger partial charge is 0.256 e. The van der Waals surface area contributed by atoms with Crippen LogP contribution in [0.1, 0.15) is 0 Å². The van der Waals surface area contributed by atoms with Gasteiger partial charge in [0.1, 0.15) is 0 Å². The Kier molecular flexibility index (Phi) is 9.84. The van der Waals surface area contributed by atoms with Crippen molar-refractivity contribution in [2.75, 3.05) is 0 Å². The lowest BCUT2D eigenvalue weighted by molar-refractivity contribution is 1.18. The van der Waals surface area contributed by atoms with Gasteiger partial charge < -0.3 is 0 Å². The van der Waals surface area contributed by atoms with Crippen LogP contribution in [-0.2, 0) is 0 Å². The lowest BCUT2D eigenvalue weighted by Gasteiger charge is -2.11. The standard InChI is InChI=1S/C54H36N6/c1-3-11-45(12-4-1)53-57-49(35-51(59-53)43-29-25-39(26-30-43)47-15-7-9-33-55-47)41-21-17-37(18-22-41)38-19-23-42(24-20-38)50-36-52(60-54(58-50)46-13-5-2-6-14-46)44-31-27-40(28-32-44)48-16-8-10-34-56-48/h1-36H. The SMILES string of the molecule is c1ccc(-c2nc(-c3ccc(-c4ccc(-c5cc(-c6ccc(-c7ccccn7)cc6)nc(-c6ccccc6)n5)cc4)cc3)cc(-c3ccc(-c4ccccn4)cc3)n2)cc1. The Morgan fingerprint density at radius 3 is 0.750 bits per heavy atom. The molecule has 10 rings (SSSR count). The van der Waals surface area contributed by atoms with Gasteiger partial charge in [0.25, 0.3) is 0 Å². The van der Waals surface area contributed by atoms with E-state index in [9.17, 15) is 0 Å². The second-order valence-corrected chi connectivity index (χ2v) is 14.4. The van der Waals surface area contributed by atoms with Gasteiger partial charge in [-0.1, -0.05) is 170 Å². The summed E-state index contributed by atoms with van der Waals surface area (Å²) < 4.78 is 0. The smallest absolute Gasteiger partial charge is 0.160 e. The van der Waals surface area contributed by atoms with E-state index in [0.717, 1.165) is 89.8 Å². The molecule has 0 aliphatic carbocycles. The van der Waals surface area contributed by atoms with Crippen molar-refractivity contribution in [1.29, 1.82) is 0 Å². The monoisotopic (exact) mass is 768 g/mol. The first-order valence-electron chi connectivity index (χ1n) is 19.8. The van der Waals surface area contributed by atoms with Crippen LogP contribution in [0.15, 0.2) is 219 Å². The second kappa shape index (κ2) is 16.3. The molecule has 282 valence electrons. The summed E-state index contributed by atoms with van der Waals surface area (Å²) in [5.74, 6) is 1.36. The molecule has 4 aromatic heterocycles. The Morgan fingerprint density at radius 2 is 0.467 bits per heavy atom. The summed E-state index contributed by atoms with van der Waals surface area (Å²) in [4.78, 5) is 29.2. The maximum atomic E-state index is 5.05. The summed E-state index contributed by atoms with van der Waals surface area (Å²) in [5.41, 5.74) is 15.6. The van der Waals surface area contributed by atoms with Crippen molar-refractivity contribution in [1.82, 2.24) is 29.9 Å². The predicted octanol–water partition coefficient (Wildman–Crippen LogP) is 13.1. The third-order valence-electron chi connectivity index (χ3n) is 10.5. The Labute approximate surface area is 348 Å². The summed E-state index contributed by atoms with van der Waals surface area (Å²) >= 11 is 0. The molecule has 0 saturated carbocycles. The molecule has 0 spiro atoms. The molecule has 0 amide bonds. The van der Waals surface area contributed by atoms with Gasteiger partial charge in [0.2, 0.25) is 0 Å². The highest BCUT2D eigenvalue weighted by Gasteiger charge is 2.14. The maximum Gasteiger partial charge on any atom is 0.160 e. The van der Waals surface area contributed by atoms with E-state index < -0.39 is 0 Å². The third kappa shape index (κ3) is 7.73. The fourth-order valence-corrected chi connectivity index (χ4v) is 7.28. The van der Waals surface area contributed by atoms with Crippen molar-refractivity contribution in [3.05, 3.63) is 219 Å². The Balaban J connectivity index is 0.945. The summed E-state index contributed by atoms with van der Waals surface area (Å²) in [6, 6.07) is 70.2. The first kappa shape index (κ1) is 36.1. The molecule has 4 heterocycles. The van der Waals surface area contributed by atoms with Crippen molar-refractivity contribution in [3.8, 4) is 101 Å². The highest BCUT2D eigenvalue weighted by molar-refractivity contribution is 5.78. The highest BCUT2D eigenvalue weighted by Crippen LogP contribution is 2.33. The molecule has 0 N–H and O–H groups in total. The lowest BCUT2D eigenvalue weighted by atomic mass is 9.99.